The summed E-state index contributed by atoms with van der Waals surface area (Å²) in [6.07, 6.45) is 2.11. The highest BCUT2D eigenvalue weighted by molar-refractivity contribution is 9.11. The van der Waals surface area contributed by atoms with Gasteiger partial charge in [0.1, 0.15) is 5.75 Å². The van der Waals surface area contributed by atoms with Crippen molar-refractivity contribution >= 4 is 43.2 Å². The van der Waals surface area contributed by atoms with Crippen LogP contribution >= 0.6 is 43.2 Å². The van der Waals surface area contributed by atoms with E-state index in [-0.39, 0.29) is 6.04 Å². The lowest BCUT2D eigenvalue weighted by molar-refractivity contribution is 0.350. The molecule has 1 aromatic heterocycles. The molecule has 0 saturated heterocycles. The molecule has 1 aliphatic rings. The summed E-state index contributed by atoms with van der Waals surface area (Å²) in [7, 11) is 0. The molecule has 0 saturated carbocycles. The lowest BCUT2D eigenvalue weighted by Crippen LogP contribution is -2.23. The second-order valence-corrected chi connectivity index (χ2v) is 8.52. The highest BCUT2D eigenvalue weighted by atomic mass is 79.9. The second-order valence-electron chi connectivity index (χ2n) is 5.11. The predicted molar refractivity (Wildman–Crippen MR) is 95.5 cm³/mol. The van der Waals surface area contributed by atoms with Gasteiger partial charge in [-0.2, -0.15) is 0 Å². The zero-order valence-corrected chi connectivity index (χ0v) is 15.8. The van der Waals surface area contributed by atoms with Crippen LogP contribution in [0.15, 0.2) is 32.5 Å². The first-order valence-corrected chi connectivity index (χ1v) is 9.53. The molecule has 0 spiro atoms. The Morgan fingerprint density at radius 2 is 2.19 bits per heavy atom. The van der Waals surface area contributed by atoms with Crippen molar-refractivity contribution in [3.05, 3.63) is 48.5 Å². The summed E-state index contributed by atoms with van der Waals surface area (Å²) in [6.45, 7) is 3.96. The van der Waals surface area contributed by atoms with Gasteiger partial charge in [0.15, 0.2) is 0 Å². The standard InChI is InChI=1S/C16H17Br2NOS/c1-2-6-19-15(13-3-4-14(18)21-13)12-9-11(17)8-10-5-7-20-16(10)12/h3-4,8-9,15,19H,2,5-7H2,1H3. The molecule has 1 aliphatic heterocycles. The van der Waals surface area contributed by atoms with E-state index in [4.69, 9.17) is 4.74 Å². The van der Waals surface area contributed by atoms with E-state index >= 15 is 0 Å². The summed E-state index contributed by atoms with van der Waals surface area (Å²) < 4.78 is 8.19. The number of nitrogens with one attached hydrogen (secondary N) is 1. The number of rotatable bonds is 5. The summed E-state index contributed by atoms with van der Waals surface area (Å²) in [4.78, 5) is 1.31. The Morgan fingerprint density at radius 3 is 2.90 bits per heavy atom. The van der Waals surface area contributed by atoms with E-state index in [1.54, 1.807) is 11.3 Å². The second kappa shape index (κ2) is 6.82. The van der Waals surface area contributed by atoms with Gasteiger partial charge in [-0.3, -0.25) is 0 Å². The van der Waals surface area contributed by atoms with E-state index in [2.05, 4.69) is 68.4 Å². The number of halogens is 2. The minimum Gasteiger partial charge on any atom is -0.493 e. The minimum atomic E-state index is 0.186. The molecule has 0 radical (unpaired) electrons. The molecule has 0 bridgehead atoms. The molecule has 5 heteroatoms. The maximum absolute atomic E-state index is 5.91. The quantitative estimate of drug-likeness (QED) is 0.694. The predicted octanol–water partition coefficient (Wildman–Crippen LogP) is 5.30. The van der Waals surface area contributed by atoms with Crippen LogP contribution in [0, 0.1) is 0 Å². The van der Waals surface area contributed by atoms with Gasteiger partial charge in [-0.1, -0.05) is 22.9 Å². The Kier molecular flexibility index (Phi) is 5.04. The Morgan fingerprint density at radius 1 is 1.33 bits per heavy atom. The van der Waals surface area contributed by atoms with Crippen molar-refractivity contribution in [2.45, 2.75) is 25.8 Å². The van der Waals surface area contributed by atoms with Crippen LogP contribution in [0.5, 0.6) is 5.75 Å². The lowest BCUT2D eigenvalue weighted by Gasteiger charge is -2.20. The fraction of sp³-hybridized carbons (Fsp3) is 0.375. The fourth-order valence-electron chi connectivity index (χ4n) is 2.65. The summed E-state index contributed by atoms with van der Waals surface area (Å²) in [6, 6.07) is 8.84. The zero-order chi connectivity index (χ0) is 14.8. The molecule has 1 unspecified atom stereocenters. The molecule has 2 nitrogen and oxygen atoms in total. The molecule has 0 aliphatic carbocycles. The first kappa shape index (κ1) is 15.5. The topological polar surface area (TPSA) is 21.3 Å². The van der Waals surface area contributed by atoms with Gasteiger partial charge in [0, 0.05) is 21.3 Å². The first-order valence-electron chi connectivity index (χ1n) is 7.12. The Balaban J connectivity index is 2.04. The maximum Gasteiger partial charge on any atom is 0.127 e. The van der Waals surface area contributed by atoms with E-state index in [1.165, 1.54) is 16.0 Å². The molecule has 112 valence electrons. The normalized spacial score (nSPS) is 14.8. The number of fused-ring (bicyclic) bond motifs is 1. The average Bonchev–Trinajstić information content (AvgIpc) is 3.08. The minimum absolute atomic E-state index is 0.186. The van der Waals surface area contributed by atoms with Crippen LogP contribution in [-0.4, -0.2) is 13.2 Å². The van der Waals surface area contributed by atoms with Crippen LogP contribution in [0.1, 0.15) is 35.4 Å². The fourth-order valence-corrected chi connectivity index (χ4v) is 4.69. The largest absolute Gasteiger partial charge is 0.493 e. The Bertz CT molecular complexity index is 641. The SMILES string of the molecule is CCCNC(c1ccc(Br)s1)c1cc(Br)cc2c1OCC2. The van der Waals surface area contributed by atoms with Crippen LogP contribution in [-0.2, 0) is 6.42 Å². The van der Waals surface area contributed by atoms with Crippen molar-refractivity contribution < 1.29 is 4.74 Å². The third-order valence-electron chi connectivity index (χ3n) is 3.57. The highest BCUT2D eigenvalue weighted by Crippen LogP contribution is 2.40. The van der Waals surface area contributed by atoms with Gasteiger partial charge in [-0.15, -0.1) is 11.3 Å². The van der Waals surface area contributed by atoms with E-state index in [9.17, 15) is 0 Å². The van der Waals surface area contributed by atoms with Crippen molar-refractivity contribution in [1.29, 1.82) is 0 Å². The molecule has 1 N–H and O–H groups in total. The lowest BCUT2D eigenvalue weighted by atomic mass is 10.0. The van der Waals surface area contributed by atoms with Crippen molar-refractivity contribution in [2.24, 2.45) is 0 Å². The molecule has 0 fully saturated rings. The van der Waals surface area contributed by atoms with Gasteiger partial charge in [-0.05, 0) is 58.7 Å². The van der Waals surface area contributed by atoms with Crippen molar-refractivity contribution in [2.75, 3.05) is 13.2 Å². The molecular formula is C16H17Br2NOS. The van der Waals surface area contributed by atoms with Crippen molar-refractivity contribution in [3.8, 4) is 5.75 Å². The van der Waals surface area contributed by atoms with Gasteiger partial charge in [0.05, 0.1) is 16.4 Å². The molecule has 2 aromatic rings. The number of thiophene rings is 1. The van der Waals surface area contributed by atoms with Crippen LogP contribution < -0.4 is 10.1 Å². The third kappa shape index (κ3) is 3.36. The van der Waals surface area contributed by atoms with Crippen LogP contribution in [0.4, 0.5) is 0 Å². The maximum atomic E-state index is 5.91. The summed E-state index contributed by atoms with van der Waals surface area (Å²) in [5.41, 5.74) is 2.54. The molecule has 1 aromatic carbocycles. The average molecular weight is 431 g/mol. The molecule has 1 atom stereocenters. The van der Waals surface area contributed by atoms with Gasteiger partial charge in [0.2, 0.25) is 0 Å². The monoisotopic (exact) mass is 429 g/mol. The van der Waals surface area contributed by atoms with Gasteiger partial charge < -0.3 is 10.1 Å². The number of hydrogen-bond acceptors (Lipinski definition) is 3. The zero-order valence-electron chi connectivity index (χ0n) is 11.8. The van der Waals surface area contributed by atoms with E-state index in [0.717, 1.165) is 40.0 Å². The van der Waals surface area contributed by atoms with Crippen LogP contribution in [0.3, 0.4) is 0 Å². The summed E-state index contributed by atoms with van der Waals surface area (Å²) in [5.74, 6) is 1.07. The van der Waals surface area contributed by atoms with E-state index in [1.807, 2.05) is 0 Å². The Hall–Kier alpha value is -0.360. The smallest absolute Gasteiger partial charge is 0.127 e. The van der Waals surface area contributed by atoms with Gasteiger partial charge in [0.25, 0.3) is 0 Å². The first-order chi connectivity index (χ1) is 10.2. The van der Waals surface area contributed by atoms with Gasteiger partial charge >= 0.3 is 0 Å². The number of ether oxygens (including phenoxy) is 1. The molecule has 2 heterocycles. The molecule has 0 amide bonds. The number of hydrogen-bond donors (Lipinski definition) is 1. The van der Waals surface area contributed by atoms with Crippen LogP contribution in [0.2, 0.25) is 0 Å². The molecule has 3 rings (SSSR count). The summed E-state index contributed by atoms with van der Waals surface area (Å²) in [5, 5.41) is 3.66. The molecular weight excluding hydrogens is 414 g/mol. The van der Waals surface area contributed by atoms with E-state index in [0.29, 0.717) is 0 Å². The number of benzene rings is 1. The van der Waals surface area contributed by atoms with E-state index < -0.39 is 0 Å². The van der Waals surface area contributed by atoms with Crippen LogP contribution in [0.25, 0.3) is 0 Å². The summed E-state index contributed by atoms with van der Waals surface area (Å²) >= 11 is 8.98. The Labute approximate surface area is 146 Å². The van der Waals surface area contributed by atoms with Crippen molar-refractivity contribution in [3.63, 3.8) is 0 Å². The highest BCUT2D eigenvalue weighted by Gasteiger charge is 2.25. The molecule has 21 heavy (non-hydrogen) atoms. The third-order valence-corrected chi connectivity index (χ3v) is 5.71. The van der Waals surface area contributed by atoms with Crippen molar-refractivity contribution in [1.82, 2.24) is 5.32 Å². The van der Waals surface area contributed by atoms with Gasteiger partial charge in [-0.25, -0.2) is 0 Å².